The molecule has 3 aromatic rings. The number of ketones is 1. The van der Waals surface area contributed by atoms with Crippen molar-refractivity contribution in [1.82, 2.24) is 0 Å². The smallest absolute Gasteiger partial charge is 0.305 e. The van der Waals surface area contributed by atoms with Crippen LogP contribution in [0.15, 0.2) is 60.7 Å². The van der Waals surface area contributed by atoms with Gasteiger partial charge in [-0.2, -0.15) is 0 Å². The molecule has 0 saturated heterocycles. The molecule has 0 amide bonds. The quantitative estimate of drug-likeness (QED) is 0.0854. The number of carbonyl (C=O) groups excluding carboxylic acids is 2. The van der Waals surface area contributed by atoms with Gasteiger partial charge in [0, 0.05) is 23.3 Å². The molecular formula is C36H45NO3. The molecule has 0 fully saturated rings. The first-order chi connectivity index (χ1) is 19.3. The SMILES string of the molecule is CCCCCCCC(=N)c1ccc(CCCCC(=O)OCC)c(-c2cc(C(=O)c3ccccc3C)ccc2C)c1. The topological polar surface area (TPSA) is 67.2 Å². The van der Waals surface area contributed by atoms with Gasteiger partial charge in [-0.1, -0.05) is 81.1 Å². The van der Waals surface area contributed by atoms with Gasteiger partial charge in [0.1, 0.15) is 0 Å². The van der Waals surface area contributed by atoms with Crippen LogP contribution >= 0.6 is 0 Å². The number of aryl methyl sites for hydroxylation is 3. The fourth-order valence-corrected chi connectivity index (χ4v) is 5.14. The minimum absolute atomic E-state index is 0.0197. The second-order valence-corrected chi connectivity index (χ2v) is 10.7. The van der Waals surface area contributed by atoms with Crippen LogP contribution in [0.4, 0.5) is 0 Å². The molecule has 1 N–H and O–H groups in total. The Morgan fingerprint density at radius 2 is 1.43 bits per heavy atom. The minimum Gasteiger partial charge on any atom is -0.466 e. The molecule has 0 unspecified atom stereocenters. The zero-order chi connectivity index (χ0) is 28.9. The van der Waals surface area contributed by atoms with E-state index in [1.54, 1.807) is 0 Å². The van der Waals surface area contributed by atoms with Crippen molar-refractivity contribution in [3.63, 3.8) is 0 Å². The average Bonchev–Trinajstić information content (AvgIpc) is 2.95. The fourth-order valence-electron chi connectivity index (χ4n) is 5.14. The van der Waals surface area contributed by atoms with E-state index < -0.39 is 0 Å². The van der Waals surface area contributed by atoms with Crippen LogP contribution < -0.4 is 0 Å². The van der Waals surface area contributed by atoms with E-state index in [1.807, 2.05) is 56.3 Å². The van der Waals surface area contributed by atoms with Crippen molar-refractivity contribution in [2.45, 2.75) is 91.9 Å². The zero-order valence-electron chi connectivity index (χ0n) is 24.8. The Bertz CT molecular complexity index is 1310. The van der Waals surface area contributed by atoms with E-state index in [0.717, 1.165) is 71.9 Å². The molecule has 0 spiro atoms. The second kappa shape index (κ2) is 15.9. The molecule has 4 nitrogen and oxygen atoms in total. The van der Waals surface area contributed by atoms with Gasteiger partial charge in [-0.25, -0.2) is 0 Å². The summed E-state index contributed by atoms with van der Waals surface area (Å²) < 4.78 is 5.08. The maximum Gasteiger partial charge on any atom is 0.305 e. The number of ether oxygens (including phenoxy) is 1. The highest BCUT2D eigenvalue weighted by Gasteiger charge is 2.16. The highest BCUT2D eigenvalue weighted by molar-refractivity contribution is 6.10. The largest absolute Gasteiger partial charge is 0.466 e. The summed E-state index contributed by atoms with van der Waals surface area (Å²) in [4.78, 5) is 25.3. The molecule has 212 valence electrons. The van der Waals surface area contributed by atoms with Crippen LogP contribution in [0.1, 0.15) is 110 Å². The van der Waals surface area contributed by atoms with Crippen molar-refractivity contribution in [3.05, 3.63) is 94.0 Å². The Labute approximate surface area is 240 Å². The standard InChI is InChI=1S/C36H45NO3/c1-5-7-8-9-10-18-34(37)29-23-22-28(16-12-14-19-35(38)40-6-2)33(24-29)32-25-30(21-20-27(32)4)36(39)31-17-13-11-15-26(31)3/h11,13,15,17,20-25,37H,5-10,12,14,16,18-19H2,1-4H3. The van der Waals surface area contributed by atoms with Gasteiger partial charge in [0.25, 0.3) is 0 Å². The van der Waals surface area contributed by atoms with Gasteiger partial charge >= 0.3 is 5.97 Å². The summed E-state index contributed by atoms with van der Waals surface area (Å²) in [5.74, 6) is -0.130. The lowest BCUT2D eigenvalue weighted by molar-refractivity contribution is -0.143. The first kappa shape index (κ1) is 31.0. The normalized spacial score (nSPS) is 10.9. The summed E-state index contributed by atoms with van der Waals surface area (Å²) in [5, 5.41) is 8.79. The van der Waals surface area contributed by atoms with Gasteiger partial charge in [0.2, 0.25) is 0 Å². The fraction of sp³-hybridized carbons (Fsp3) is 0.417. The summed E-state index contributed by atoms with van der Waals surface area (Å²) >= 11 is 0. The zero-order valence-corrected chi connectivity index (χ0v) is 24.8. The van der Waals surface area contributed by atoms with Crippen molar-refractivity contribution < 1.29 is 14.3 Å². The molecule has 0 aliphatic rings. The Hall–Kier alpha value is -3.53. The van der Waals surface area contributed by atoms with Gasteiger partial charge < -0.3 is 10.1 Å². The van der Waals surface area contributed by atoms with E-state index >= 15 is 0 Å². The van der Waals surface area contributed by atoms with E-state index in [-0.39, 0.29) is 11.8 Å². The van der Waals surface area contributed by atoms with E-state index in [0.29, 0.717) is 24.3 Å². The second-order valence-electron chi connectivity index (χ2n) is 10.7. The molecule has 0 radical (unpaired) electrons. The maximum absolute atomic E-state index is 13.5. The van der Waals surface area contributed by atoms with Gasteiger partial charge in [0.15, 0.2) is 5.78 Å². The molecule has 0 aliphatic carbocycles. The molecule has 0 aromatic heterocycles. The third-order valence-corrected chi connectivity index (χ3v) is 7.55. The van der Waals surface area contributed by atoms with E-state index in [4.69, 9.17) is 10.1 Å². The summed E-state index contributed by atoms with van der Waals surface area (Å²) in [7, 11) is 0. The van der Waals surface area contributed by atoms with Gasteiger partial charge in [-0.15, -0.1) is 0 Å². The van der Waals surface area contributed by atoms with Gasteiger partial charge in [-0.3, -0.25) is 9.59 Å². The number of hydrogen-bond donors (Lipinski definition) is 1. The number of benzene rings is 3. The lowest BCUT2D eigenvalue weighted by Gasteiger charge is -2.16. The third kappa shape index (κ3) is 8.74. The van der Waals surface area contributed by atoms with Crippen molar-refractivity contribution in [2.75, 3.05) is 6.61 Å². The molecule has 0 atom stereocenters. The van der Waals surface area contributed by atoms with E-state index in [9.17, 15) is 9.59 Å². The van der Waals surface area contributed by atoms with Crippen LogP contribution in [-0.2, 0) is 16.0 Å². The summed E-state index contributed by atoms with van der Waals surface area (Å²) in [5.41, 5.74) is 8.32. The van der Waals surface area contributed by atoms with Crippen molar-refractivity contribution in [1.29, 1.82) is 5.41 Å². The monoisotopic (exact) mass is 539 g/mol. The van der Waals surface area contributed by atoms with E-state index in [1.165, 1.54) is 24.8 Å². The number of rotatable bonds is 16. The van der Waals surface area contributed by atoms with Crippen LogP contribution in [0.3, 0.4) is 0 Å². The Morgan fingerprint density at radius 1 is 0.725 bits per heavy atom. The molecule has 0 heterocycles. The Morgan fingerprint density at radius 3 is 2.17 bits per heavy atom. The number of unbranched alkanes of at least 4 members (excludes halogenated alkanes) is 5. The Kier molecular flexibility index (Phi) is 12.3. The van der Waals surface area contributed by atoms with Crippen LogP contribution in [-0.4, -0.2) is 24.1 Å². The number of hydrogen-bond acceptors (Lipinski definition) is 4. The first-order valence-corrected chi connectivity index (χ1v) is 14.9. The van der Waals surface area contributed by atoms with Crippen LogP contribution in [0.5, 0.6) is 0 Å². The van der Waals surface area contributed by atoms with Crippen molar-refractivity contribution in [2.24, 2.45) is 0 Å². The highest BCUT2D eigenvalue weighted by atomic mass is 16.5. The minimum atomic E-state index is -0.149. The molecule has 0 aliphatic heterocycles. The molecule has 4 heteroatoms. The number of nitrogens with one attached hydrogen (secondary N) is 1. The van der Waals surface area contributed by atoms with Crippen LogP contribution in [0.25, 0.3) is 11.1 Å². The van der Waals surface area contributed by atoms with Crippen LogP contribution in [0.2, 0.25) is 0 Å². The predicted octanol–water partition coefficient (Wildman–Crippen LogP) is 9.21. The third-order valence-electron chi connectivity index (χ3n) is 7.55. The van der Waals surface area contributed by atoms with Crippen molar-refractivity contribution in [3.8, 4) is 11.1 Å². The average molecular weight is 540 g/mol. The molecule has 40 heavy (non-hydrogen) atoms. The molecule has 0 bridgehead atoms. The maximum atomic E-state index is 13.5. The molecular weight excluding hydrogens is 494 g/mol. The lowest BCUT2D eigenvalue weighted by Crippen LogP contribution is -2.06. The lowest BCUT2D eigenvalue weighted by atomic mass is 9.88. The Balaban J connectivity index is 1.91. The molecule has 3 rings (SSSR count). The van der Waals surface area contributed by atoms with Gasteiger partial charge in [-0.05, 0) is 98.4 Å². The summed E-state index contributed by atoms with van der Waals surface area (Å²) in [6.07, 6.45) is 9.50. The van der Waals surface area contributed by atoms with E-state index in [2.05, 4.69) is 32.0 Å². The van der Waals surface area contributed by atoms with Gasteiger partial charge in [0.05, 0.1) is 6.61 Å². The number of esters is 1. The van der Waals surface area contributed by atoms with Crippen molar-refractivity contribution >= 4 is 17.5 Å². The summed E-state index contributed by atoms with van der Waals surface area (Å²) in [6, 6.07) is 20.0. The first-order valence-electron chi connectivity index (χ1n) is 14.9. The predicted molar refractivity (Wildman–Crippen MR) is 166 cm³/mol. The van der Waals surface area contributed by atoms with Crippen LogP contribution in [0, 0.1) is 19.3 Å². The molecule has 0 saturated carbocycles. The number of carbonyl (C=O) groups is 2. The summed E-state index contributed by atoms with van der Waals surface area (Å²) in [6.45, 7) is 8.50. The highest BCUT2D eigenvalue weighted by Crippen LogP contribution is 2.32. The molecule has 3 aromatic carbocycles.